The lowest BCUT2D eigenvalue weighted by Crippen LogP contribution is -2.27. The van der Waals surface area contributed by atoms with E-state index in [0.717, 1.165) is 5.92 Å². The van der Waals surface area contributed by atoms with Crippen LogP contribution >= 0.6 is 0 Å². The first-order valence-corrected chi connectivity index (χ1v) is 6.01. The first-order chi connectivity index (χ1) is 7.13. The van der Waals surface area contributed by atoms with Gasteiger partial charge in [-0.2, -0.15) is 0 Å². The molecule has 1 heterocycles. The minimum absolute atomic E-state index is 0.550. The predicted octanol–water partition coefficient (Wildman–Crippen LogP) is 2.91. The van der Waals surface area contributed by atoms with Crippen molar-refractivity contribution >= 4 is 0 Å². The molecule has 2 nitrogen and oxygen atoms in total. The minimum atomic E-state index is 0.550. The summed E-state index contributed by atoms with van der Waals surface area (Å²) < 4.78 is 2.34. The summed E-state index contributed by atoms with van der Waals surface area (Å²) >= 11 is 0. The Kier molecular flexibility index (Phi) is 2.87. The van der Waals surface area contributed by atoms with E-state index >= 15 is 0 Å². The summed E-state index contributed by atoms with van der Waals surface area (Å²) in [6, 6.07) is 1.12. The second-order valence-electron chi connectivity index (χ2n) is 5.06. The van der Waals surface area contributed by atoms with Crippen molar-refractivity contribution < 1.29 is 0 Å². The van der Waals surface area contributed by atoms with Gasteiger partial charge in [0.2, 0.25) is 0 Å². The molecule has 2 unspecified atom stereocenters. The molecule has 0 saturated heterocycles. The van der Waals surface area contributed by atoms with Crippen LogP contribution in [0.3, 0.4) is 0 Å². The van der Waals surface area contributed by atoms with Gasteiger partial charge in [-0.15, -0.1) is 0 Å². The highest BCUT2D eigenvalue weighted by molar-refractivity contribution is 5.31. The third kappa shape index (κ3) is 1.83. The number of hydrogen-bond donors (Lipinski definition) is 1. The van der Waals surface area contributed by atoms with Crippen LogP contribution in [0.2, 0.25) is 0 Å². The highest BCUT2D eigenvalue weighted by Crippen LogP contribution is 2.35. The van der Waals surface area contributed by atoms with Crippen LogP contribution in [0.4, 0.5) is 0 Å². The molecule has 15 heavy (non-hydrogen) atoms. The van der Waals surface area contributed by atoms with Crippen molar-refractivity contribution in [2.45, 2.75) is 45.7 Å². The minimum Gasteiger partial charge on any atom is -0.351 e. The molecule has 0 spiro atoms. The zero-order chi connectivity index (χ0) is 11.0. The first-order valence-electron chi connectivity index (χ1n) is 6.01. The lowest BCUT2D eigenvalue weighted by Gasteiger charge is -2.28. The smallest absolute Gasteiger partial charge is 0.0361 e. The SMILES string of the molecule is CNC1c2cn(C(C)C)cc2CCC1C. The van der Waals surface area contributed by atoms with Gasteiger partial charge < -0.3 is 9.88 Å². The third-order valence-electron chi connectivity index (χ3n) is 3.64. The zero-order valence-corrected chi connectivity index (χ0v) is 10.2. The molecular weight excluding hydrogens is 184 g/mol. The van der Waals surface area contributed by atoms with Crippen molar-refractivity contribution in [2.75, 3.05) is 7.05 Å². The van der Waals surface area contributed by atoms with Crippen LogP contribution in [0.25, 0.3) is 0 Å². The Morgan fingerprint density at radius 2 is 2.13 bits per heavy atom. The van der Waals surface area contributed by atoms with E-state index in [2.05, 4.69) is 50.1 Å². The Morgan fingerprint density at radius 3 is 2.73 bits per heavy atom. The predicted molar refractivity (Wildman–Crippen MR) is 64.1 cm³/mol. The summed E-state index contributed by atoms with van der Waals surface area (Å²) in [6.45, 7) is 6.82. The fourth-order valence-electron chi connectivity index (χ4n) is 2.62. The van der Waals surface area contributed by atoms with Gasteiger partial charge in [-0.3, -0.25) is 0 Å². The molecule has 1 N–H and O–H groups in total. The van der Waals surface area contributed by atoms with Crippen molar-refractivity contribution in [3.63, 3.8) is 0 Å². The van der Waals surface area contributed by atoms with Crippen molar-refractivity contribution in [1.29, 1.82) is 0 Å². The Hall–Kier alpha value is -0.760. The van der Waals surface area contributed by atoms with Crippen LogP contribution < -0.4 is 5.32 Å². The van der Waals surface area contributed by atoms with Gasteiger partial charge in [0.1, 0.15) is 0 Å². The monoisotopic (exact) mass is 206 g/mol. The number of hydrogen-bond acceptors (Lipinski definition) is 1. The highest BCUT2D eigenvalue weighted by atomic mass is 15.0. The van der Waals surface area contributed by atoms with Crippen LogP contribution in [-0.2, 0) is 6.42 Å². The summed E-state index contributed by atoms with van der Waals surface area (Å²) in [5.41, 5.74) is 3.06. The van der Waals surface area contributed by atoms with Crippen LogP contribution in [0, 0.1) is 5.92 Å². The summed E-state index contributed by atoms with van der Waals surface area (Å²) in [7, 11) is 2.07. The Labute approximate surface area is 92.7 Å². The topological polar surface area (TPSA) is 17.0 Å². The zero-order valence-electron chi connectivity index (χ0n) is 10.2. The molecule has 1 aromatic rings. The number of aryl methyl sites for hydroxylation is 1. The van der Waals surface area contributed by atoms with E-state index < -0.39 is 0 Å². The standard InChI is InChI=1S/C13H22N2/c1-9(2)15-7-11-6-5-10(3)13(14-4)12(11)8-15/h7-10,13-14H,5-6H2,1-4H3. The fourth-order valence-corrected chi connectivity index (χ4v) is 2.62. The van der Waals surface area contributed by atoms with Crippen LogP contribution in [0.5, 0.6) is 0 Å². The normalized spacial score (nSPS) is 25.7. The van der Waals surface area contributed by atoms with Gasteiger partial charge in [0.05, 0.1) is 0 Å². The maximum atomic E-state index is 3.45. The molecule has 2 heteroatoms. The van der Waals surface area contributed by atoms with Gasteiger partial charge in [-0.1, -0.05) is 6.92 Å². The van der Waals surface area contributed by atoms with E-state index in [1.807, 2.05) is 0 Å². The maximum absolute atomic E-state index is 3.45. The van der Waals surface area contributed by atoms with Crippen molar-refractivity contribution in [3.8, 4) is 0 Å². The largest absolute Gasteiger partial charge is 0.351 e. The Morgan fingerprint density at radius 1 is 1.40 bits per heavy atom. The molecular formula is C13H22N2. The van der Waals surface area contributed by atoms with E-state index in [1.54, 1.807) is 5.56 Å². The molecule has 0 bridgehead atoms. The number of nitrogens with one attached hydrogen (secondary N) is 1. The van der Waals surface area contributed by atoms with Crippen molar-refractivity contribution in [1.82, 2.24) is 9.88 Å². The average molecular weight is 206 g/mol. The van der Waals surface area contributed by atoms with Crippen LogP contribution in [-0.4, -0.2) is 11.6 Å². The second-order valence-corrected chi connectivity index (χ2v) is 5.06. The van der Waals surface area contributed by atoms with E-state index in [-0.39, 0.29) is 0 Å². The molecule has 84 valence electrons. The molecule has 2 rings (SSSR count). The highest BCUT2D eigenvalue weighted by Gasteiger charge is 2.26. The van der Waals surface area contributed by atoms with E-state index in [4.69, 9.17) is 0 Å². The van der Waals surface area contributed by atoms with Gasteiger partial charge in [0.15, 0.2) is 0 Å². The molecule has 0 aromatic carbocycles. The lowest BCUT2D eigenvalue weighted by atomic mass is 9.83. The molecule has 1 aliphatic carbocycles. The fraction of sp³-hybridized carbons (Fsp3) is 0.692. The lowest BCUT2D eigenvalue weighted by molar-refractivity contribution is 0.365. The molecule has 0 aliphatic heterocycles. The molecule has 1 aliphatic rings. The third-order valence-corrected chi connectivity index (χ3v) is 3.64. The molecule has 0 saturated carbocycles. The van der Waals surface area contributed by atoms with Gasteiger partial charge >= 0.3 is 0 Å². The first kappa shape index (κ1) is 10.7. The molecule has 1 aromatic heterocycles. The van der Waals surface area contributed by atoms with E-state index in [9.17, 15) is 0 Å². The Bertz CT molecular complexity index is 338. The number of rotatable bonds is 2. The van der Waals surface area contributed by atoms with E-state index in [1.165, 1.54) is 18.4 Å². The quantitative estimate of drug-likeness (QED) is 0.787. The average Bonchev–Trinajstić information content (AvgIpc) is 2.61. The summed E-state index contributed by atoms with van der Waals surface area (Å²) in [5.74, 6) is 0.755. The van der Waals surface area contributed by atoms with Gasteiger partial charge in [-0.25, -0.2) is 0 Å². The maximum Gasteiger partial charge on any atom is 0.0361 e. The van der Waals surface area contributed by atoms with Gasteiger partial charge in [0.25, 0.3) is 0 Å². The summed E-state index contributed by atoms with van der Waals surface area (Å²) in [5, 5.41) is 3.45. The number of nitrogens with zero attached hydrogens (tertiary/aromatic N) is 1. The van der Waals surface area contributed by atoms with Gasteiger partial charge in [0, 0.05) is 24.5 Å². The number of fused-ring (bicyclic) bond motifs is 1. The second kappa shape index (κ2) is 4.01. The van der Waals surface area contributed by atoms with E-state index in [0.29, 0.717) is 12.1 Å². The van der Waals surface area contributed by atoms with Crippen molar-refractivity contribution in [2.24, 2.45) is 5.92 Å². The molecule has 0 amide bonds. The molecule has 2 atom stereocenters. The van der Waals surface area contributed by atoms with Crippen LogP contribution in [0.1, 0.15) is 50.4 Å². The van der Waals surface area contributed by atoms with Gasteiger partial charge in [-0.05, 0) is 50.8 Å². The van der Waals surface area contributed by atoms with Crippen molar-refractivity contribution in [3.05, 3.63) is 23.5 Å². The number of aromatic nitrogens is 1. The Balaban J connectivity index is 2.36. The summed E-state index contributed by atoms with van der Waals surface area (Å²) in [4.78, 5) is 0. The summed E-state index contributed by atoms with van der Waals surface area (Å²) in [6.07, 6.45) is 7.21. The van der Waals surface area contributed by atoms with Crippen LogP contribution in [0.15, 0.2) is 12.4 Å². The molecule has 0 fully saturated rings. The molecule has 0 radical (unpaired) electrons.